The van der Waals surface area contributed by atoms with Crippen LogP contribution < -0.4 is 16.4 Å². The highest BCUT2D eigenvalue weighted by Crippen LogP contribution is 2.25. The van der Waals surface area contributed by atoms with E-state index in [0.29, 0.717) is 12.5 Å². The summed E-state index contributed by atoms with van der Waals surface area (Å²) < 4.78 is 0. The number of carbonyl (C=O) groups is 2. The van der Waals surface area contributed by atoms with Gasteiger partial charge < -0.3 is 16.4 Å². The van der Waals surface area contributed by atoms with E-state index in [-0.39, 0.29) is 42.1 Å². The third-order valence-corrected chi connectivity index (χ3v) is 4.42. The van der Waals surface area contributed by atoms with Crippen molar-refractivity contribution >= 4 is 24.2 Å². The Labute approximate surface area is 126 Å². The van der Waals surface area contributed by atoms with E-state index in [9.17, 15) is 9.59 Å². The molecular formula is C14H26ClN3O2. The molecule has 1 heterocycles. The third kappa shape index (κ3) is 4.63. The molecule has 0 aromatic heterocycles. The van der Waals surface area contributed by atoms with E-state index in [1.807, 2.05) is 0 Å². The Balaban J connectivity index is 0.00000200. The molecule has 1 aliphatic heterocycles. The van der Waals surface area contributed by atoms with Crippen LogP contribution in [0.1, 0.15) is 45.4 Å². The van der Waals surface area contributed by atoms with Gasteiger partial charge in [0.25, 0.3) is 0 Å². The average molecular weight is 304 g/mol. The van der Waals surface area contributed by atoms with Gasteiger partial charge in [0.1, 0.15) is 0 Å². The zero-order valence-corrected chi connectivity index (χ0v) is 12.9. The van der Waals surface area contributed by atoms with Crippen molar-refractivity contribution in [1.82, 2.24) is 10.6 Å². The van der Waals surface area contributed by atoms with Crippen molar-refractivity contribution in [2.45, 2.75) is 57.5 Å². The van der Waals surface area contributed by atoms with Crippen LogP contribution in [0.25, 0.3) is 0 Å². The Kier molecular flexibility index (Phi) is 6.76. The first kappa shape index (κ1) is 17.2. The van der Waals surface area contributed by atoms with Crippen molar-refractivity contribution in [3.05, 3.63) is 0 Å². The number of nitrogens with one attached hydrogen (secondary N) is 2. The fourth-order valence-electron chi connectivity index (χ4n) is 3.27. The molecule has 6 heteroatoms. The molecule has 1 aliphatic carbocycles. The summed E-state index contributed by atoms with van der Waals surface area (Å²) in [6, 6.07) is 0.540. The molecule has 2 aliphatic rings. The largest absolute Gasteiger partial charge is 0.369 e. The molecule has 2 fully saturated rings. The first-order chi connectivity index (χ1) is 9.06. The summed E-state index contributed by atoms with van der Waals surface area (Å²) in [5, 5.41) is 6.47. The minimum atomic E-state index is -0.227. The van der Waals surface area contributed by atoms with E-state index >= 15 is 0 Å². The maximum absolute atomic E-state index is 12.2. The van der Waals surface area contributed by atoms with Gasteiger partial charge in [-0.25, -0.2) is 0 Å². The van der Waals surface area contributed by atoms with Crippen LogP contribution in [-0.4, -0.2) is 30.4 Å². The lowest BCUT2D eigenvalue weighted by Gasteiger charge is -2.31. The predicted octanol–water partition coefficient (Wildman–Crippen LogP) is 0.957. The lowest BCUT2D eigenvalue weighted by Crippen LogP contribution is -2.47. The van der Waals surface area contributed by atoms with Crippen LogP contribution in [0.2, 0.25) is 0 Å². The number of carbonyl (C=O) groups excluding carboxylic acids is 2. The predicted molar refractivity (Wildman–Crippen MR) is 80.5 cm³/mol. The van der Waals surface area contributed by atoms with E-state index in [1.165, 1.54) is 0 Å². The van der Waals surface area contributed by atoms with E-state index in [2.05, 4.69) is 17.6 Å². The lowest BCUT2D eigenvalue weighted by atomic mass is 9.84. The van der Waals surface area contributed by atoms with Gasteiger partial charge in [0.15, 0.2) is 0 Å². The van der Waals surface area contributed by atoms with Crippen molar-refractivity contribution < 1.29 is 9.59 Å². The normalized spacial score (nSPS) is 33.9. The number of halogens is 1. The standard InChI is InChI=1S/C14H25N3O2.ClH/c1-9-7-11(5-6-16-9)14(19)17-12-4-2-3-10(8-12)13(15)18;/h9-12,16H,2-8H2,1H3,(H2,15,18)(H,17,19);1H/t9-,10?,11-,12?;/m0./s1. The van der Waals surface area contributed by atoms with E-state index in [1.54, 1.807) is 0 Å². The van der Waals surface area contributed by atoms with Crippen LogP contribution >= 0.6 is 12.4 Å². The van der Waals surface area contributed by atoms with Crippen LogP contribution in [0.15, 0.2) is 0 Å². The molecule has 20 heavy (non-hydrogen) atoms. The summed E-state index contributed by atoms with van der Waals surface area (Å²) in [4.78, 5) is 23.5. The zero-order chi connectivity index (χ0) is 13.8. The maximum atomic E-state index is 12.2. The quantitative estimate of drug-likeness (QED) is 0.726. The molecule has 2 rings (SSSR count). The van der Waals surface area contributed by atoms with Gasteiger partial charge in [0.05, 0.1) is 0 Å². The molecule has 2 amide bonds. The number of hydrogen-bond donors (Lipinski definition) is 3. The van der Waals surface area contributed by atoms with Gasteiger partial charge in [-0.3, -0.25) is 9.59 Å². The number of nitrogens with two attached hydrogens (primary N) is 1. The van der Waals surface area contributed by atoms with Crippen molar-refractivity contribution in [3.63, 3.8) is 0 Å². The molecule has 116 valence electrons. The molecule has 1 saturated carbocycles. The van der Waals surface area contributed by atoms with Crippen LogP contribution in [0.5, 0.6) is 0 Å². The van der Waals surface area contributed by atoms with Crippen LogP contribution in [0, 0.1) is 11.8 Å². The lowest BCUT2D eigenvalue weighted by molar-refractivity contribution is -0.128. The average Bonchev–Trinajstić information content (AvgIpc) is 2.39. The molecule has 2 unspecified atom stereocenters. The van der Waals surface area contributed by atoms with Gasteiger partial charge in [-0.15, -0.1) is 12.4 Å². The van der Waals surface area contributed by atoms with Gasteiger partial charge in [0, 0.05) is 23.9 Å². The zero-order valence-electron chi connectivity index (χ0n) is 12.1. The monoisotopic (exact) mass is 303 g/mol. The molecule has 4 atom stereocenters. The second kappa shape index (κ2) is 7.84. The maximum Gasteiger partial charge on any atom is 0.223 e. The van der Waals surface area contributed by atoms with Crippen molar-refractivity contribution in [1.29, 1.82) is 0 Å². The number of primary amides is 1. The molecule has 0 spiro atoms. The summed E-state index contributed by atoms with van der Waals surface area (Å²) in [7, 11) is 0. The van der Waals surface area contributed by atoms with Crippen molar-refractivity contribution in [2.24, 2.45) is 17.6 Å². The second-order valence-corrected chi connectivity index (χ2v) is 6.05. The molecule has 5 nitrogen and oxygen atoms in total. The van der Waals surface area contributed by atoms with Crippen LogP contribution in [-0.2, 0) is 9.59 Å². The van der Waals surface area contributed by atoms with Gasteiger partial charge in [-0.2, -0.15) is 0 Å². The Morgan fingerprint density at radius 3 is 2.55 bits per heavy atom. The van der Waals surface area contributed by atoms with Gasteiger partial charge >= 0.3 is 0 Å². The Bertz CT molecular complexity index is 351. The summed E-state index contributed by atoms with van der Waals surface area (Å²) in [6.07, 6.45) is 5.32. The minimum absolute atomic E-state index is 0. The van der Waals surface area contributed by atoms with E-state index in [4.69, 9.17) is 5.73 Å². The molecule has 0 aromatic carbocycles. The van der Waals surface area contributed by atoms with Crippen molar-refractivity contribution in [2.75, 3.05) is 6.54 Å². The molecule has 0 bridgehead atoms. The van der Waals surface area contributed by atoms with Gasteiger partial charge in [0.2, 0.25) is 11.8 Å². The Morgan fingerprint density at radius 2 is 1.90 bits per heavy atom. The van der Waals surface area contributed by atoms with E-state index in [0.717, 1.165) is 38.6 Å². The van der Waals surface area contributed by atoms with Gasteiger partial charge in [-0.05, 0) is 45.6 Å². The molecule has 1 saturated heterocycles. The summed E-state index contributed by atoms with van der Waals surface area (Å²) >= 11 is 0. The van der Waals surface area contributed by atoms with E-state index < -0.39 is 0 Å². The molecule has 4 N–H and O–H groups in total. The third-order valence-electron chi connectivity index (χ3n) is 4.42. The van der Waals surface area contributed by atoms with Crippen LogP contribution in [0.3, 0.4) is 0 Å². The fourth-order valence-corrected chi connectivity index (χ4v) is 3.27. The molecule has 0 aromatic rings. The second-order valence-electron chi connectivity index (χ2n) is 6.05. The number of piperidine rings is 1. The number of hydrogen-bond acceptors (Lipinski definition) is 3. The summed E-state index contributed by atoms with van der Waals surface area (Å²) in [5.74, 6) is -0.0193. The highest BCUT2D eigenvalue weighted by Gasteiger charge is 2.30. The Morgan fingerprint density at radius 1 is 1.15 bits per heavy atom. The first-order valence-corrected chi connectivity index (χ1v) is 7.39. The van der Waals surface area contributed by atoms with Crippen LogP contribution in [0.4, 0.5) is 0 Å². The SMILES string of the molecule is C[C@H]1C[C@@H](C(=O)NC2CCCC(C(N)=O)C2)CCN1.Cl. The highest BCUT2D eigenvalue weighted by molar-refractivity contribution is 5.85. The number of amides is 2. The topological polar surface area (TPSA) is 84.2 Å². The smallest absolute Gasteiger partial charge is 0.223 e. The number of rotatable bonds is 3. The molecule has 0 radical (unpaired) electrons. The highest BCUT2D eigenvalue weighted by atomic mass is 35.5. The van der Waals surface area contributed by atoms with Crippen molar-refractivity contribution in [3.8, 4) is 0 Å². The summed E-state index contributed by atoms with van der Waals surface area (Å²) in [5.41, 5.74) is 5.36. The summed E-state index contributed by atoms with van der Waals surface area (Å²) in [6.45, 7) is 3.02. The first-order valence-electron chi connectivity index (χ1n) is 7.39. The fraction of sp³-hybridized carbons (Fsp3) is 0.857. The Hall–Kier alpha value is -0.810. The minimum Gasteiger partial charge on any atom is -0.369 e. The van der Waals surface area contributed by atoms with Gasteiger partial charge in [-0.1, -0.05) is 6.42 Å². The molecular weight excluding hydrogens is 278 g/mol.